The van der Waals surface area contributed by atoms with Gasteiger partial charge in [-0.2, -0.15) is 0 Å². The second-order valence-corrected chi connectivity index (χ2v) is 9.62. The van der Waals surface area contributed by atoms with Crippen molar-refractivity contribution in [2.45, 2.75) is 69.6 Å². The second-order valence-electron chi connectivity index (χ2n) is 9.62. The highest BCUT2D eigenvalue weighted by Crippen LogP contribution is 2.28. The minimum Gasteiger partial charge on any atom is -0.490 e. The molecule has 1 aromatic heterocycles. The summed E-state index contributed by atoms with van der Waals surface area (Å²) in [6.45, 7) is 3.05. The van der Waals surface area contributed by atoms with Crippen LogP contribution in [0.2, 0.25) is 0 Å². The topological polar surface area (TPSA) is 91.9 Å². The van der Waals surface area contributed by atoms with Gasteiger partial charge in [0.1, 0.15) is 5.75 Å². The highest BCUT2D eigenvalue weighted by molar-refractivity contribution is 5.37. The lowest BCUT2D eigenvalue weighted by Crippen LogP contribution is -2.41. The third-order valence-electron chi connectivity index (χ3n) is 7.31. The van der Waals surface area contributed by atoms with Crippen LogP contribution in [0, 0.1) is 0 Å². The maximum absolute atomic E-state index is 13.1. The standard InChI is InChI=1S/C26H40N4O4/c31-19-17-28(18-20-32)14-13-27-21-5-7-22(8-6-21)29-15-16-30(26(29)33)23-9-11-25(12-10-23)34-24-3-1-2-4-24/h9-12,15-16,21-22,24,27,31-32H,1-8,13-14,17-20H2. The Bertz CT molecular complexity index is 906. The molecule has 0 amide bonds. The van der Waals surface area contributed by atoms with Gasteiger partial charge in [0.25, 0.3) is 0 Å². The van der Waals surface area contributed by atoms with E-state index in [1.165, 1.54) is 12.8 Å². The lowest BCUT2D eigenvalue weighted by Gasteiger charge is -2.30. The number of benzene rings is 1. The molecule has 2 aliphatic carbocycles. The summed E-state index contributed by atoms with van der Waals surface area (Å²) >= 11 is 0. The summed E-state index contributed by atoms with van der Waals surface area (Å²) in [4.78, 5) is 15.2. The molecule has 34 heavy (non-hydrogen) atoms. The Balaban J connectivity index is 1.27. The van der Waals surface area contributed by atoms with Crippen molar-refractivity contribution >= 4 is 0 Å². The Labute approximate surface area is 202 Å². The zero-order chi connectivity index (χ0) is 23.8. The van der Waals surface area contributed by atoms with Crippen molar-refractivity contribution in [2.75, 3.05) is 39.4 Å². The molecule has 2 saturated carbocycles. The zero-order valence-corrected chi connectivity index (χ0v) is 20.1. The molecule has 4 rings (SSSR count). The number of aliphatic hydroxyl groups excluding tert-OH is 2. The van der Waals surface area contributed by atoms with E-state index in [1.807, 2.05) is 41.2 Å². The molecule has 8 heteroatoms. The lowest BCUT2D eigenvalue weighted by molar-refractivity contribution is 0.159. The fourth-order valence-corrected chi connectivity index (χ4v) is 5.35. The summed E-state index contributed by atoms with van der Waals surface area (Å²) in [5.74, 6) is 0.879. The fourth-order valence-electron chi connectivity index (χ4n) is 5.35. The van der Waals surface area contributed by atoms with Crippen molar-refractivity contribution in [2.24, 2.45) is 0 Å². The molecule has 2 aromatic rings. The molecule has 2 fully saturated rings. The maximum Gasteiger partial charge on any atom is 0.332 e. The molecule has 1 heterocycles. The number of imidazole rings is 1. The van der Waals surface area contributed by atoms with Gasteiger partial charge in [-0.1, -0.05) is 0 Å². The van der Waals surface area contributed by atoms with Gasteiger partial charge in [0, 0.05) is 50.7 Å². The van der Waals surface area contributed by atoms with E-state index < -0.39 is 0 Å². The van der Waals surface area contributed by atoms with Gasteiger partial charge in [0.2, 0.25) is 0 Å². The molecule has 0 atom stereocenters. The molecule has 0 aliphatic heterocycles. The van der Waals surface area contributed by atoms with Crippen molar-refractivity contribution in [3.8, 4) is 11.4 Å². The summed E-state index contributed by atoms with van der Waals surface area (Å²) in [5.41, 5.74) is 0.887. The van der Waals surface area contributed by atoms with Crippen LogP contribution in [0.15, 0.2) is 41.5 Å². The number of aliphatic hydroxyl groups is 2. The molecule has 2 aliphatic rings. The monoisotopic (exact) mass is 472 g/mol. The molecule has 1 aromatic carbocycles. The fraction of sp³-hybridized carbons (Fsp3) is 0.654. The number of aromatic nitrogens is 2. The van der Waals surface area contributed by atoms with E-state index in [0.29, 0.717) is 25.2 Å². The quantitative estimate of drug-likeness (QED) is 0.439. The van der Waals surface area contributed by atoms with Crippen LogP contribution in [0.1, 0.15) is 57.4 Å². The van der Waals surface area contributed by atoms with Gasteiger partial charge in [0.05, 0.1) is 25.0 Å². The highest BCUT2D eigenvalue weighted by atomic mass is 16.5. The van der Waals surface area contributed by atoms with Crippen LogP contribution in [0.25, 0.3) is 5.69 Å². The maximum atomic E-state index is 13.1. The highest BCUT2D eigenvalue weighted by Gasteiger charge is 2.24. The minimum atomic E-state index is 0.0181. The molecule has 8 nitrogen and oxygen atoms in total. The average Bonchev–Trinajstić information content (AvgIpc) is 3.50. The van der Waals surface area contributed by atoms with E-state index in [9.17, 15) is 4.79 Å². The molecule has 3 N–H and O–H groups in total. The minimum absolute atomic E-state index is 0.0181. The number of nitrogens with zero attached hydrogens (tertiary/aromatic N) is 3. The van der Waals surface area contributed by atoms with E-state index in [1.54, 1.807) is 4.57 Å². The predicted molar refractivity (Wildman–Crippen MR) is 133 cm³/mol. The van der Waals surface area contributed by atoms with E-state index in [0.717, 1.165) is 63.1 Å². The van der Waals surface area contributed by atoms with Gasteiger partial charge in [-0.15, -0.1) is 0 Å². The second kappa shape index (κ2) is 12.5. The summed E-state index contributed by atoms with van der Waals surface area (Å²) in [5, 5.41) is 21.9. The van der Waals surface area contributed by atoms with Crippen molar-refractivity contribution in [3.05, 3.63) is 47.1 Å². The van der Waals surface area contributed by atoms with E-state index in [2.05, 4.69) is 10.2 Å². The molecule has 0 spiro atoms. The van der Waals surface area contributed by atoms with Crippen molar-refractivity contribution in [3.63, 3.8) is 0 Å². The smallest absolute Gasteiger partial charge is 0.332 e. The van der Waals surface area contributed by atoms with Crippen molar-refractivity contribution < 1.29 is 14.9 Å². The summed E-state index contributed by atoms with van der Waals surface area (Å²) in [7, 11) is 0. The van der Waals surface area contributed by atoms with Gasteiger partial charge in [-0.3, -0.25) is 14.0 Å². The first kappa shape index (κ1) is 25.0. The molecule has 0 saturated heterocycles. The molecule has 0 bridgehead atoms. The largest absolute Gasteiger partial charge is 0.490 e. The summed E-state index contributed by atoms with van der Waals surface area (Å²) in [6, 6.07) is 8.55. The van der Waals surface area contributed by atoms with Crippen molar-refractivity contribution in [1.82, 2.24) is 19.4 Å². The Morgan fingerprint density at radius 2 is 1.59 bits per heavy atom. The summed E-state index contributed by atoms with van der Waals surface area (Å²) < 4.78 is 9.66. The number of rotatable bonds is 12. The number of hydrogen-bond acceptors (Lipinski definition) is 6. The van der Waals surface area contributed by atoms with Crippen LogP contribution >= 0.6 is 0 Å². The van der Waals surface area contributed by atoms with Gasteiger partial charge >= 0.3 is 5.69 Å². The van der Waals surface area contributed by atoms with Crippen LogP contribution in [-0.4, -0.2) is 75.8 Å². The van der Waals surface area contributed by atoms with Crippen LogP contribution in [0.5, 0.6) is 5.75 Å². The SMILES string of the molecule is O=c1n(-c2ccc(OC3CCCC3)cc2)ccn1C1CCC(NCCN(CCO)CCO)CC1. The third-order valence-corrected chi connectivity index (χ3v) is 7.31. The number of hydrogen-bond donors (Lipinski definition) is 3. The van der Waals surface area contributed by atoms with E-state index in [4.69, 9.17) is 14.9 Å². The Kier molecular flexibility index (Phi) is 9.21. The lowest BCUT2D eigenvalue weighted by atomic mass is 9.91. The zero-order valence-electron chi connectivity index (χ0n) is 20.1. The first-order valence-corrected chi connectivity index (χ1v) is 12.9. The Hall–Kier alpha value is -2.13. The number of ether oxygens (including phenoxy) is 1. The van der Waals surface area contributed by atoms with Crippen LogP contribution in [0.4, 0.5) is 0 Å². The predicted octanol–water partition coefficient (Wildman–Crippen LogP) is 2.32. The molecule has 0 radical (unpaired) electrons. The van der Waals surface area contributed by atoms with Gasteiger partial charge in [-0.25, -0.2) is 4.79 Å². The average molecular weight is 473 g/mol. The molecular weight excluding hydrogens is 432 g/mol. The van der Waals surface area contributed by atoms with E-state index >= 15 is 0 Å². The molecule has 0 unspecified atom stereocenters. The van der Waals surface area contributed by atoms with Gasteiger partial charge in [-0.05, 0) is 75.6 Å². The van der Waals surface area contributed by atoms with Gasteiger partial charge < -0.3 is 20.3 Å². The van der Waals surface area contributed by atoms with Crippen molar-refractivity contribution in [1.29, 1.82) is 0 Å². The molecular formula is C26H40N4O4. The normalized spacial score (nSPS) is 21.4. The van der Waals surface area contributed by atoms with Crippen LogP contribution in [-0.2, 0) is 0 Å². The number of nitrogens with one attached hydrogen (secondary N) is 1. The van der Waals surface area contributed by atoms with Gasteiger partial charge in [0.15, 0.2) is 0 Å². The first-order chi connectivity index (χ1) is 16.7. The summed E-state index contributed by atoms with van der Waals surface area (Å²) in [6.07, 6.45) is 12.9. The molecule has 188 valence electrons. The van der Waals surface area contributed by atoms with Crippen LogP contribution < -0.4 is 15.7 Å². The Morgan fingerprint density at radius 1 is 0.912 bits per heavy atom. The van der Waals surface area contributed by atoms with E-state index in [-0.39, 0.29) is 24.9 Å². The first-order valence-electron chi connectivity index (χ1n) is 12.9. The Morgan fingerprint density at radius 3 is 2.24 bits per heavy atom. The third kappa shape index (κ3) is 6.50. The van der Waals surface area contributed by atoms with Crippen LogP contribution in [0.3, 0.4) is 0 Å².